The van der Waals surface area contributed by atoms with Gasteiger partial charge in [0, 0.05) is 24.4 Å². The third-order valence-corrected chi connectivity index (χ3v) is 5.86. The monoisotopic (exact) mass is 336 g/mol. The molecular weight excluding hydrogens is 312 g/mol. The van der Waals surface area contributed by atoms with E-state index in [4.69, 9.17) is 0 Å². The van der Waals surface area contributed by atoms with Crippen LogP contribution in [0.3, 0.4) is 0 Å². The minimum atomic E-state index is -0.273. The van der Waals surface area contributed by atoms with Crippen LogP contribution in [-0.4, -0.2) is 39.5 Å². The number of amides is 2. The summed E-state index contributed by atoms with van der Waals surface area (Å²) in [6, 6.07) is 0.342. The minimum Gasteiger partial charge on any atom is -0.339 e. The number of hydrogen-bond donors (Lipinski definition) is 1. The molecular formula is C16H24N4O2S. The van der Waals surface area contributed by atoms with E-state index in [9.17, 15) is 9.59 Å². The molecule has 0 radical (unpaired) electrons. The maximum absolute atomic E-state index is 12.4. The Balaban J connectivity index is 1.60. The van der Waals surface area contributed by atoms with Gasteiger partial charge in [0.15, 0.2) is 0 Å². The third kappa shape index (κ3) is 3.54. The van der Waals surface area contributed by atoms with Gasteiger partial charge in [0.25, 0.3) is 0 Å². The molecule has 1 aliphatic heterocycles. The molecule has 1 aromatic rings. The van der Waals surface area contributed by atoms with Crippen LogP contribution < -0.4 is 5.32 Å². The molecule has 0 aromatic carbocycles. The Kier molecular flexibility index (Phi) is 4.40. The Morgan fingerprint density at radius 3 is 2.57 bits per heavy atom. The van der Waals surface area contributed by atoms with Gasteiger partial charge in [0.2, 0.25) is 16.9 Å². The predicted molar refractivity (Wildman–Crippen MR) is 89.3 cm³/mol. The number of carbonyl (C=O) groups excluding carboxylic acids is 2. The van der Waals surface area contributed by atoms with Crippen LogP contribution in [0.1, 0.15) is 57.9 Å². The summed E-state index contributed by atoms with van der Waals surface area (Å²) < 4.78 is 0. The molecule has 3 rings (SSSR count). The first-order chi connectivity index (χ1) is 10.8. The van der Waals surface area contributed by atoms with E-state index in [0.717, 1.165) is 17.8 Å². The molecule has 126 valence electrons. The minimum absolute atomic E-state index is 0.0801. The van der Waals surface area contributed by atoms with Gasteiger partial charge in [-0.15, -0.1) is 10.2 Å². The van der Waals surface area contributed by atoms with Crippen LogP contribution in [0.2, 0.25) is 0 Å². The predicted octanol–water partition coefficient (Wildman–Crippen LogP) is 2.57. The lowest BCUT2D eigenvalue weighted by Gasteiger charge is -2.23. The number of nitrogens with zero attached hydrogens (tertiary/aromatic N) is 3. The molecule has 7 heteroatoms. The molecule has 0 spiro atoms. The Morgan fingerprint density at radius 1 is 1.26 bits per heavy atom. The average Bonchev–Trinajstić information content (AvgIpc) is 3.16. The molecule has 6 nitrogen and oxygen atoms in total. The lowest BCUT2D eigenvalue weighted by Crippen LogP contribution is -2.35. The molecule has 1 aromatic heterocycles. The summed E-state index contributed by atoms with van der Waals surface area (Å²) in [7, 11) is 0. The van der Waals surface area contributed by atoms with E-state index >= 15 is 0 Å². The lowest BCUT2D eigenvalue weighted by atomic mass is 9.98. The van der Waals surface area contributed by atoms with Crippen molar-refractivity contribution in [3.63, 3.8) is 0 Å². The lowest BCUT2D eigenvalue weighted by molar-refractivity contribution is -0.129. The number of carbonyl (C=O) groups is 2. The SMILES string of the molecule is CC(C)(C)c1nnc(NC(=O)[C@H]2CC(=O)N(C3CCCC3)C2)s1. The number of nitrogens with one attached hydrogen (secondary N) is 1. The van der Waals surface area contributed by atoms with Crippen molar-refractivity contribution in [1.29, 1.82) is 0 Å². The zero-order valence-corrected chi connectivity index (χ0v) is 14.8. The summed E-state index contributed by atoms with van der Waals surface area (Å²) in [4.78, 5) is 26.5. The van der Waals surface area contributed by atoms with Crippen LogP contribution in [0.15, 0.2) is 0 Å². The van der Waals surface area contributed by atoms with Crippen molar-refractivity contribution in [1.82, 2.24) is 15.1 Å². The second-order valence-electron chi connectivity index (χ2n) is 7.54. The Hall–Kier alpha value is -1.50. The molecule has 1 saturated heterocycles. The Morgan fingerprint density at radius 2 is 1.96 bits per heavy atom. The molecule has 23 heavy (non-hydrogen) atoms. The van der Waals surface area contributed by atoms with E-state index in [2.05, 4.69) is 36.3 Å². The third-order valence-electron chi connectivity index (χ3n) is 4.59. The van der Waals surface area contributed by atoms with Crippen molar-refractivity contribution < 1.29 is 9.59 Å². The molecule has 2 heterocycles. The highest BCUT2D eigenvalue weighted by atomic mass is 32.1. The molecule has 2 aliphatic rings. The highest BCUT2D eigenvalue weighted by Crippen LogP contribution is 2.31. The van der Waals surface area contributed by atoms with E-state index in [1.165, 1.54) is 24.2 Å². The van der Waals surface area contributed by atoms with Gasteiger partial charge in [-0.3, -0.25) is 9.59 Å². The van der Waals surface area contributed by atoms with E-state index in [0.29, 0.717) is 24.1 Å². The van der Waals surface area contributed by atoms with Crippen LogP contribution in [0.25, 0.3) is 0 Å². The maximum Gasteiger partial charge on any atom is 0.231 e. The van der Waals surface area contributed by atoms with Gasteiger partial charge in [0.1, 0.15) is 5.01 Å². The summed E-state index contributed by atoms with van der Waals surface area (Å²) in [5, 5.41) is 12.4. The number of anilines is 1. The molecule has 1 saturated carbocycles. The van der Waals surface area contributed by atoms with Gasteiger partial charge < -0.3 is 10.2 Å². The standard InChI is InChI=1S/C16H24N4O2S/c1-16(2,3)14-18-19-15(23-14)17-13(22)10-8-12(21)20(9-10)11-6-4-5-7-11/h10-11H,4-9H2,1-3H3,(H,17,19,22)/t10-/m0/s1. The summed E-state index contributed by atoms with van der Waals surface area (Å²) in [6.07, 6.45) is 4.83. The van der Waals surface area contributed by atoms with Crippen molar-refractivity contribution in [3.05, 3.63) is 5.01 Å². The van der Waals surface area contributed by atoms with Crippen LogP contribution in [0.5, 0.6) is 0 Å². The smallest absolute Gasteiger partial charge is 0.231 e. The number of aromatic nitrogens is 2. The fourth-order valence-electron chi connectivity index (χ4n) is 3.26. The van der Waals surface area contributed by atoms with E-state index in [1.807, 2.05) is 4.90 Å². The van der Waals surface area contributed by atoms with Crippen molar-refractivity contribution in [2.75, 3.05) is 11.9 Å². The first-order valence-corrected chi connectivity index (χ1v) is 9.10. The van der Waals surface area contributed by atoms with E-state index in [1.54, 1.807) is 0 Å². The molecule has 0 unspecified atom stereocenters. The largest absolute Gasteiger partial charge is 0.339 e. The topological polar surface area (TPSA) is 75.2 Å². The first-order valence-electron chi connectivity index (χ1n) is 8.29. The summed E-state index contributed by atoms with van der Waals surface area (Å²) in [5.41, 5.74) is -0.0801. The van der Waals surface area contributed by atoms with Gasteiger partial charge >= 0.3 is 0 Å². The number of rotatable bonds is 3. The first kappa shape index (κ1) is 16.4. The highest BCUT2D eigenvalue weighted by molar-refractivity contribution is 7.15. The zero-order chi connectivity index (χ0) is 16.6. The van der Waals surface area contributed by atoms with Gasteiger partial charge in [-0.1, -0.05) is 44.9 Å². The maximum atomic E-state index is 12.4. The summed E-state index contributed by atoms with van der Waals surface area (Å²) in [6.45, 7) is 6.73. The van der Waals surface area contributed by atoms with Crippen molar-refractivity contribution in [2.24, 2.45) is 5.92 Å². The quantitative estimate of drug-likeness (QED) is 0.920. The molecule has 1 aliphatic carbocycles. The van der Waals surface area contributed by atoms with Crippen molar-refractivity contribution in [2.45, 2.75) is 64.3 Å². The molecule has 2 amide bonds. The fraction of sp³-hybridized carbons (Fsp3) is 0.750. The van der Waals surface area contributed by atoms with Gasteiger partial charge in [-0.05, 0) is 12.8 Å². The van der Waals surface area contributed by atoms with Gasteiger partial charge in [-0.2, -0.15) is 0 Å². The summed E-state index contributed by atoms with van der Waals surface area (Å²) >= 11 is 1.40. The number of likely N-dealkylation sites (tertiary alicyclic amines) is 1. The van der Waals surface area contributed by atoms with Crippen molar-refractivity contribution >= 4 is 28.3 Å². The second-order valence-corrected chi connectivity index (χ2v) is 8.51. The normalized spacial score (nSPS) is 22.8. The highest BCUT2D eigenvalue weighted by Gasteiger charge is 2.38. The van der Waals surface area contributed by atoms with Gasteiger partial charge in [0.05, 0.1) is 5.92 Å². The Bertz CT molecular complexity index is 601. The van der Waals surface area contributed by atoms with Crippen molar-refractivity contribution in [3.8, 4) is 0 Å². The number of hydrogen-bond acceptors (Lipinski definition) is 5. The van der Waals surface area contributed by atoms with Gasteiger partial charge in [-0.25, -0.2) is 0 Å². The van der Waals surface area contributed by atoms with E-state index in [-0.39, 0.29) is 23.1 Å². The fourth-order valence-corrected chi connectivity index (χ4v) is 4.06. The average molecular weight is 336 g/mol. The van der Waals surface area contributed by atoms with E-state index < -0.39 is 0 Å². The van der Waals surface area contributed by atoms with Crippen LogP contribution in [0.4, 0.5) is 5.13 Å². The summed E-state index contributed by atoms with van der Waals surface area (Å²) in [5.74, 6) is -0.273. The molecule has 2 fully saturated rings. The second kappa shape index (κ2) is 6.19. The molecule has 1 N–H and O–H groups in total. The molecule has 1 atom stereocenters. The van der Waals surface area contributed by atoms with Crippen LogP contribution in [-0.2, 0) is 15.0 Å². The Labute approximate surface area is 140 Å². The van der Waals surface area contributed by atoms with Crippen LogP contribution >= 0.6 is 11.3 Å². The molecule has 0 bridgehead atoms. The van der Waals surface area contributed by atoms with Crippen LogP contribution in [0, 0.1) is 5.92 Å². The zero-order valence-electron chi connectivity index (χ0n) is 14.0.